The van der Waals surface area contributed by atoms with Gasteiger partial charge < -0.3 is 10.6 Å². The van der Waals surface area contributed by atoms with E-state index in [1.165, 1.54) is 5.56 Å². The lowest BCUT2D eigenvalue weighted by atomic mass is 10.1. The minimum absolute atomic E-state index is 0.0333. The zero-order valence-corrected chi connectivity index (χ0v) is 14.1. The van der Waals surface area contributed by atoms with E-state index in [4.69, 9.17) is 0 Å². The first-order valence-corrected chi connectivity index (χ1v) is 8.57. The van der Waals surface area contributed by atoms with Gasteiger partial charge in [-0.25, -0.2) is 0 Å². The van der Waals surface area contributed by atoms with Crippen LogP contribution in [0.25, 0.3) is 0 Å². The fourth-order valence-electron chi connectivity index (χ4n) is 2.82. The fraction of sp³-hybridized carbons (Fsp3) is 0.136. The number of nitrogens with two attached hydrogens (primary N) is 1. The molecule has 3 heteroatoms. The molecule has 3 nitrogen and oxygen atoms in total. The van der Waals surface area contributed by atoms with Crippen molar-refractivity contribution in [2.45, 2.75) is 19.1 Å². The van der Waals surface area contributed by atoms with Crippen molar-refractivity contribution in [1.29, 1.82) is 0 Å². The molecule has 3 aromatic carbocycles. The monoisotopic (exact) mass is 331 g/mol. The predicted octanol–water partition coefficient (Wildman–Crippen LogP) is 2.81. The smallest absolute Gasteiger partial charge is 0.283 e. The Bertz CT molecular complexity index is 773. The van der Waals surface area contributed by atoms with Crippen LogP contribution in [-0.2, 0) is 17.9 Å². The molecule has 0 aliphatic heterocycles. The van der Waals surface area contributed by atoms with E-state index < -0.39 is 0 Å². The molecule has 0 unspecified atom stereocenters. The average molecular weight is 331 g/mol. The van der Waals surface area contributed by atoms with Gasteiger partial charge in [0, 0.05) is 17.7 Å². The zero-order chi connectivity index (χ0) is 17.3. The Kier molecular flexibility index (Phi) is 5.96. The quantitative estimate of drug-likeness (QED) is 0.687. The van der Waals surface area contributed by atoms with Crippen LogP contribution in [0.1, 0.15) is 22.7 Å². The molecule has 25 heavy (non-hydrogen) atoms. The molecule has 0 saturated carbocycles. The summed E-state index contributed by atoms with van der Waals surface area (Å²) in [6, 6.07) is 29.9. The van der Waals surface area contributed by atoms with E-state index in [0.29, 0.717) is 6.54 Å². The molecule has 126 valence electrons. The summed E-state index contributed by atoms with van der Waals surface area (Å²) < 4.78 is 0. The summed E-state index contributed by atoms with van der Waals surface area (Å²) in [4.78, 5) is 12.8. The second-order valence-corrected chi connectivity index (χ2v) is 6.02. The third-order valence-corrected chi connectivity index (χ3v) is 4.18. The summed E-state index contributed by atoms with van der Waals surface area (Å²) >= 11 is 0. The highest BCUT2D eigenvalue weighted by atomic mass is 16.2. The van der Waals surface area contributed by atoms with Crippen LogP contribution < -0.4 is 10.6 Å². The van der Waals surface area contributed by atoms with Crippen LogP contribution in [0.5, 0.6) is 0 Å². The number of carbonyl (C=O) groups excluding carboxylic acids is 1. The molecule has 3 N–H and O–H groups in total. The molecule has 0 aliphatic carbocycles. The molecule has 0 aromatic heterocycles. The molecule has 0 fully saturated rings. The second-order valence-electron chi connectivity index (χ2n) is 6.02. The molecule has 0 saturated heterocycles. The molecule has 1 atom stereocenters. The topological polar surface area (TPSA) is 45.7 Å². The summed E-state index contributed by atoms with van der Waals surface area (Å²) in [6.45, 7) is 1.31. The van der Waals surface area contributed by atoms with Crippen LogP contribution in [0.15, 0.2) is 91.0 Å². The highest BCUT2D eigenvalue weighted by Crippen LogP contribution is 2.09. The Morgan fingerprint density at radius 1 is 0.760 bits per heavy atom. The van der Waals surface area contributed by atoms with Gasteiger partial charge in [0.05, 0.1) is 0 Å². The third kappa shape index (κ3) is 5.03. The van der Waals surface area contributed by atoms with Gasteiger partial charge in [0.25, 0.3) is 5.91 Å². The maximum atomic E-state index is 12.8. The van der Waals surface area contributed by atoms with Crippen molar-refractivity contribution < 1.29 is 10.1 Å². The summed E-state index contributed by atoms with van der Waals surface area (Å²) in [5.41, 5.74) is 3.33. The van der Waals surface area contributed by atoms with E-state index in [1.807, 2.05) is 78.9 Å². The molecule has 3 aromatic rings. The van der Waals surface area contributed by atoms with Crippen molar-refractivity contribution in [1.82, 2.24) is 5.32 Å². The van der Waals surface area contributed by atoms with Crippen molar-refractivity contribution in [2.24, 2.45) is 0 Å². The van der Waals surface area contributed by atoms with Gasteiger partial charge in [0.15, 0.2) is 6.04 Å². The molecule has 0 radical (unpaired) electrons. The third-order valence-electron chi connectivity index (χ3n) is 4.18. The lowest BCUT2D eigenvalue weighted by Crippen LogP contribution is -2.86. The Morgan fingerprint density at radius 3 is 1.88 bits per heavy atom. The van der Waals surface area contributed by atoms with Crippen LogP contribution in [0.2, 0.25) is 0 Å². The zero-order valence-electron chi connectivity index (χ0n) is 14.1. The largest absolute Gasteiger partial charge is 0.347 e. The van der Waals surface area contributed by atoms with Gasteiger partial charge in [0.1, 0.15) is 6.54 Å². The molecule has 0 aliphatic rings. The van der Waals surface area contributed by atoms with Gasteiger partial charge in [-0.15, -0.1) is 0 Å². The molecule has 0 bridgehead atoms. The van der Waals surface area contributed by atoms with Crippen LogP contribution >= 0.6 is 0 Å². The number of hydrogen-bond donors (Lipinski definition) is 2. The van der Waals surface area contributed by atoms with Gasteiger partial charge in [-0.3, -0.25) is 4.79 Å². The normalized spacial score (nSPS) is 11.7. The Balaban J connectivity index is 1.68. The first-order chi connectivity index (χ1) is 12.3. The number of hydrogen-bond acceptors (Lipinski definition) is 1. The molecule has 0 spiro atoms. The van der Waals surface area contributed by atoms with Crippen molar-refractivity contribution >= 4 is 5.91 Å². The summed E-state index contributed by atoms with van der Waals surface area (Å²) in [5, 5.41) is 5.15. The van der Waals surface area contributed by atoms with E-state index in [9.17, 15) is 4.79 Å². The number of nitrogens with one attached hydrogen (secondary N) is 1. The van der Waals surface area contributed by atoms with E-state index in [0.717, 1.165) is 17.7 Å². The van der Waals surface area contributed by atoms with E-state index in [-0.39, 0.29) is 11.9 Å². The number of benzene rings is 3. The lowest BCUT2D eigenvalue weighted by molar-refractivity contribution is -0.698. The number of amides is 1. The van der Waals surface area contributed by atoms with E-state index in [1.54, 1.807) is 0 Å². The molecule has 3 rings (SSSR count). The average Bonchev–Trinajstić information content (AvgIpc) is 2.69. The van der Waals surface area contributed by atoms with Gasteiger partial charge >= 0.3 is 0 Å². The molecular formula is C22H23N2O+. The first kappa shape index (κ1) is 16.9. The van der Waals surface area contributed by atoms with Gasteiger partial charge in [-0.2, -0.15) is 0 Å². The van der Waals surface area contributed by atoms with E-state index >= 15 is 0 Å². The maximum absolute atomic E-state index is 12.8. The van der Waals surface area contributed by atoms with Crippen molar-refractivity contribution in [3.8, 4) is 0 Å². The first-order valence-electron chi connectivity index (χ1n) is 8.57. The standard InChI is InChI=1S/C22H22N2O/c25-22(24-17-19-12-6-2-7-13-19)21(20-14-8-3-9-15-20)23-16-18-10-4-1-5-11-18/h1-15,21,23H,16-17H2,(H,24,25)/p+1/t21-/m1/s1. The predicted molar refractivity (Wildman–Crippen MR) is 99.5 cm³/mol. The van der Waals surface area contributed by atoms with Gasteiger partial charge in [0.2, 0.25) is 0 Å². The van der Waals surface area contributed by atoms with Crippen LogP contribution in [0.3, 0.4) is 0 Å². The molecule has 0 heterocycles. The highest BCUT2D eigenvalue weighted by molar-refractivity contribution is 5.81. The van der Waals surface area contributed by atoms with E-state index in [2.05, 4.69) is 22.8 Å². The van der Waals surface area contributed by atoms with Crippen LogP contribution in [0, 0.1) is 0 Å². The summed E-state index contributed by atoms with van der Waals surface area (Å²) in [7, 11) is 0. The maximum Gasteiger partial charge on any atom is 0.283 e. The Hall–Kier alpha value is -2.91. The Morgan fingerprint density at radius 2 is 1.28 bits per heavy atom. The Labute approximate surface area is 148 Å². The number of quaternary nitrogens is 1. The number of carbonyl (C=O) groups is 1. The van der Waals surface area contributed by atoms with Crippen LogP contribution in [-0.4, -0.2) is 5.91 Å². The van der Waals surface area contributed by atoms with Gasteiger partial charge in [-0.1, -0.05) is 91.0 Å². The summed E-state index contributed by atoms with van der Waals surface area (Å²) in [6.07, 6.45) is 0. The molecular weight excluding hydrogens is 308 g/mol. The minimum atomic E-state index is -0.259. The van der Waals surface area contributed by atoms with Crippen LogP contribution in [0.4, 0.5) is 0 Å². The van der Waals surface area contributed by atoms with Crippen molar-refractivity contribution in [3.63, 3.8) is 0 Å². The van der Waals surface area contributed by atoms with Gasteiger partial charge in [-0.05, 0) is 5.56 Å². The molecule has 1 amide bonds. The fourth-order valence-corrected chi connectivity index (χ4v) is 2.82. The number of rotatable bonds is 7. The van der Waals surface area contributed by atoms with Crippen molar-refractivity contribution in [3.05, 3.63) is 108 Å². The lowest BCUT2D eigenvalue weighted by Gasteiger charge is -2.16. The van der Waals surface area contributed by atoms with Crippen molar-refractivity contribution in [2.75, 3.05) is 0 Å². The highest BCUT2D eigenvalue weighted by Gasteiger charge is 2.23. The summed E-state index contributed by atoms with van der Waals surface area (Å²) in [5.74, 6) is 0.0333. The minimum Gasteiger partial charge on any atom is -0.347 e. The SMILES string of the molecule is O=C(NCc1ccccc1)[C@H]([NH2+]Cc1ccccc1)c1ccccc1. The second kappa shape index (κ2) is 8.81.